The molecule has 1 N–H and O–H groups in total. The Morgan fingerprint density at radius 3 is 2.15 bits per heavy atom. The molecule has 33 heavy (non-hydrogen) atoms. The summed E-state index contributed by atoms with van der Waals surface area (Å²) < 4.78 is 5.79. The Kier molecular flexibility index (Phi) is 9.48. The van der Waals surface area contributed by atoms with Gasteiger partial charge in [0.05, 0.1) is 10.0 Å². The molecule has 5 nitrogen and oxygen atoms in total. The Balaban J connectivity index is 2.30. The van der Waals surface area contributed by atoms with Crippen molar-refractivity contribution in [1.29, 1.82) is 0 Å². The number of aryl methyl sites for hydroxylation is 2. The minimum atomic E-state index is -0.677. The van der Waals surface area contributed by atoms with Crippen LogP contribution in [0.5, 0.6) is 5.75 Å². The van der Waals surface area contributed by atoms with Gasteiger partial charge in [-0.25, -0.2) is 0 Å². The number of carbonyl (C=O) groups is 2. The maximum absolute atomic E-state index is 13.3. The summed E-state index contributed by atoms with van der Waals surface area (Å²) in [5.74, 6) is 0.00302. The minimum absolute atomic E-state index is 0.188. The summed E-state index contributed by atoms with van der Waals surface area (Å²) in [6.07, 6.45) is 0.439. The van der Waals surface area contributed by atoms with Crippen molar-refractivity contribution in [1.82, 2.24) is 10.2 Å². The van der Waals surface area contributed by atoms with Crippen LogP contribution in [-0.4, -0.2) is 34.9 Å². The van der Waals surface area contributed by atoms with Gasteiger partial charge in [-0.2, -0.15) is 0 Å². The molecular formula is C25H31Cl3N2O3. The van der Waals surface area contributed by atoms with Gasteiger partial charge in [-0.3, -0.25) is 9.59 Å². The SMILES string of the molecule is CCC(C(=O)NC(C)(C)C)N(Cc1ccc(Cl)c(Cl)c1)C(=O)COc1cc(C)c(Cl)c(C)c1. The topological polar surface area (TPSA) is 58.6 Å². The summed E-state index contributed by atoms with van der Waals surface area (Å²) in [4.78, 5) is 27.9. The number of rotatable bonds is 8. The van der Waals surface area contributed by atoms with Crippen LogP contribution in [0.3, 0.4) is 0 Å². The Hall–Kier alpha value is -1.95. The summed E-state index contributed by atoms with van der Waals surface area (Å²) >= 11 is 18.4. The highest BCUT2D eigenvalue weighted by atomic mass is 35.5. The lowest BCUT2D eigenvalue weighted by Gasteiger charge is -2.33. The molecule has 2 aromatic carbocycles. The molecule has 0 bridgehead atoms. The molecule has 0 saturated carbocycles. The minimum Gasteiger partial charge on any atom is -0.484 e. The Labute approximate surface area is 211 Å². The van der Waals surface area contributed by atoms with E-state index in [2.05, 4.69) is 5.32 Å². The highest BCUT2D eigenvalue weighted by molar-refractivity contribution is 6.42. The zero-order chi connectivity index (χ0) is 24.9. The number of nitrogens with zero attached hydrogens (tertiary/aromatic N) is 1. The van der Waals surface area contributed by atoms with Crippen molar-refractivity contribution >= 4 is 46.6 Å². The first kappa shape index (κ1) is 27.3. The molecule has 2 amide bonds. The average Bonchev–Trinajstić information content (AvgIpc) is 2.71. The third kappa shape index (κ3) is 7.80. The third-order valence-electron chi connectivity index (χ3n) is 4.99. The maximum Gasteiger partial charge on any atom is 0.261 e. The standard InChI is InChI=1S/C25H31Cl3N2O3/c1-7-21(24(32)29-25(4,5)6)30(13-17-8-9-19(26)20(27)12-17)22(31)14-33-18-10-15(2)23(28)16(3)11-18/h8-12,21H,7,13-14H2,1-6H3,(H,29,32). The fourth-order valence-corrected chi connectivity index (χ4v) is 3.85. The van der Waals surface area contributed by atoms with Crippen molar-refractivity contribution in [3.8, 4) is 5.75 Å². The quantitative estimate of drug-likeness (QED) is 0.446. The smallest absolute Gasteiger partial charge is 0.261 e. The van der Waals surface area contributed by atoms with E-state index in [1.165, 1.54) is 4.90 Å². The first-order valence-electron chi connectivity index (χ1n) is 10.8. The summed E-state index contributed by atoms with van der Waals surface area (Å²) in [5, 5.41) is 4.45. The predicted molar refractivity (Wildman–Crippen MR) is 135 cm³/mol. The van der Waals surface area contributed by atoms with E-state index < -0.39 is 11.6 Å². The third-order valence-corrected chi connectivity index (χ3v) is 6.33. The number of carbonyl (C=O) groups excluding carboxylic acids is 2. The molecule has 180 valence electrons. The molecule has 0 fully saturated rings. The van der Waals surface area contributed by atoms with Crippen LogP contribution in [0.4, 0.5) is 0 Å². The summed E-state index contributed by atoms with van der Waals surface area (Å²) in [6, 6.07) is 8.06. The highest BCUT2D eigenvalue weighted by Crippen LogP contribution is 2.27. The van der Waals surface area contributed by atoms with Crippen LogP contribution < -0.4 is 10.1 Å². The second-order valence-corrected chi connectivity index (χ2v) is 10.3. The van der Waals surface area contributed by atoms with E-state index in [0.29, 0.717) is 27.2 Å². The van der Waals surface area contributed by atoms with E-state index in [9.17, 15) is 9.59 Å². The van der Waals surface area contributed by atoms with Crippen molar-refractivity contribution in [2.24, 2.45) is 0 Å². The summed E-state index contributed by atoms with van der Waals surface area (Å²) in [5.41, 5.74) is 2.06. The van der Waals surface area contributed by atoms with Gasteiger partial charge in [0, 0.05) is 17.1 Å². The lowest BCUT2D eigenvalue weighted by Crippen LogP contribution is -2.54. The molecule has 0 radical (unpaired) electrons. The lowest BCUT2D eigenvalue weighted by molar-refractivity contribution is -0.143. The van der Waals surface area contributed by atoms with E-state index in [-0.39, 0.29) is 25.0 Å². The number of ether oxygens (including phenoxy) is 1. The number of hydrogen-bond donors (Lipinski definition) is 1. The molecule has 0 saturated heterocycles. The van der Waals surface area contributed by atoms with Gasteiger partial charge in [0.1, 0.15) is 11.8 Å². The zero-order valence-electron chi connectivity index (χ0n) is 19.9. The fraction of sp³-hybridized carbons (Fsp3) is 0.440. The van der Waals surface area contributed by atoms with Crippen molar-refractivity contribution < 1.29 is 14.3 Å². The molecule has 0 aromatic heterocycles. The summed E-state index contributed by atoms with van der Waals surface area (Å²) in [6.45, 7) is 11.3. The van der Waals surface area contributed by atoms with Gasteiger partial charge in [-0.05, 0) is 82.0 Å². The number of halogens is 3. The van der Waals surface area contributed by atoms with E-state index in [1.807, 2.05) is 41.5 Å². The van der Waals surface area contributed by atoms with Gasteiger partial charge in [0.25, 0.3) is 5.91 Å². The van der Waals surface area contributed by atoms with Crippen LogP contribution in [-0.2, 0) is 16.1 Å². The second-order valence-electron chi connectivity index (χ2n) is 9.09. The van der Waals surface area contributed by atoms with Gasteiger partial charge >= 0.3 is 0 Å². The van der Waals surface area contributed by atoms with E-state index in [0.717, 1.165) is 16.7 Å². The van der Waals surface area contributed by atoms with Crippen LogP contribution in [0, 0.1) is 13.8 Å². The molecule has 1 atom stereocenters. The zero-order valence-corrected chi connectivity index (χ0v) is 22.2. The van der Waals surface area contributed by atoms with Crippen LogP contribution in [0.1, 0.15) is 50.8 Å². The van der Waals surface area contributed by atoms with Gasteiger partial charge in [-0.15, -0.1) is 0 Å². The molecule has 8 heteroatoms. The van der Waals surface area contributed by atoms with Crippen molar-refractivity contribution in [2.45, 2.75) is 66.1 Å². The molecular weight excluding hydrogens is 483 g/mol. The van der Waals surface area contributed by atoms with Crippen LogP contribution in [0.2, 0.25) is 15.1 Å². The number of amides is 2. The molecule has 0 aliphatic heterocycles. The highest BCUT2D eigenvalue weighted by Gasteiger charge is 2.31. The van der Waals surface area contributed by atoms with Crippen molar-refractivity contribution in [2.75, 3.05) is 6.61 Å². The number of nitrogens with one attached hydrogen (secondary N) is 1. The molecule has 1 unspecified atom stereocenters. The monoisotopic (exact) mass is 512 g/mol. The van der Waals surface area contributed by atoms with Crippen LogP contribution in [0.15, 0.2) is 30.3 Å². The summed E-state index contributed by atoms with van der Waals surface area (Å²) in [7, 11) is 0. The molecule has 0 heterocycles. The molecule has 0 spiro atoms. The molecule has 2 rings (SSSR count). The van der Waals surface area contributed by atoms with Gasteiger partial charge in [0.2, 0.25) is 5.91 Å². The average molecular weight is 514 g/mol. The van der Waals surface area contributed by atoms with E-state index in [1.54, 1.807) is 30.3 Å². The fourth-order valence-electron chi connectivity index (χ4n) is 3.42. The number of benzene rings is 2. The molecule has 0 aliphatic rings. The maximum atomic E-state index is 13.3. The van der Waals surface area contributed by atoms with Crippen molar-refractivity contribution in [3.63, 3.8) is 0 Å². The second kappa shape index (κ2) is 11.5. The van der Waals surface area contributed by atoms with Crippen LogP contribution >= 0.6 is 34.8 Å². The first-order valence-corrected chi connectivity index (χ1v) is 11.9. The van der Waals surface area contributed by atoms with Gasteiger partial charge in [0.15, 0.2) is 6.61 Å². The molecule has 0 aliphatic carbocycles. The van der Waals surface area contributed by atoms with E-state index >= 15 is 0 Å². The molecule has 2 aromatic rings. The largest absolute Gasteiger partial charge is 0.484 e. The van der Waals surface area contributed by atoms with Gasteiger partial charge < -0.3 is 15.0 Å². The van der Waals surface area contributed by atoms with Crippen LogP contribution in [0.25, 0.3) is 0 Å². The Morgan fingerprint density at radius 1 is 1.03 bits per heavy atom. The first-order chi connectivity index (χ1) is 15.3. The Bertz CT molecular complexity index is 995. The normalized spacial score (nSPS) is 12.3. The van der Waals surface area contributed by atoms with Gasteiger partial charge in [-0.1, -0.05) is 47.8 Å². The van der Waals surface area contributed by atoms with Crippen molar-refractivity contribution in [3.05, 3.63) is 62.1 Å². The number of hydrogen-bond acceptors (Lipinski definition) is 3. The Morgan fingerprint density at radius 2 is 1.64 bits per heavy atom. The predicted octanol–water partition coefficient (Wildman–Crippen LogP) is 6.36. The lowest BCUT2D eigenvalue weighted by atomic mass is 10.1. The van der Waals surface area contributed by atoms with E-state index in [4.69, 9.17) is 39.5 Å².